The van der Waals surface area contributed by atoms with Gasteiger partial charge >= 0.3 is 0 Å². The van der Waals surface area contributed by atoms with Gasteiger partial charge in [-0.25, -0.2) is 0 Å². The van der Waals surface area contributed by atoms with Gasteiger partial charge in [-0.1, -0.05) is 63.4 Å². The predicted molar refractivity (Wildman–Crippen MR) is 85.6 cm³/mol. The van der Waals surface area contributed by atoms with Crippen molar-refractivity contribution >= 4 is 5.91 Å². The molecule has 0 aliphatic carbocycles. The maximum absolute atomic E-state index is 12.1. The highest BCUT2D eigenvalue weighted by molar-refractivity contribution is 5.81. The first-order valence-corrected chi connectivity index (χ1v) is 7.92. The molecule has 1 N–H and O–H groups in total. The van der Waals surface area contributed by atoms with Crippen LogP contribution in [0.15, 0.2) is 30.3 Å². The van der Waals surface area contributed by atoms with E-state index in [-0.39, 0.29) is 5.91 Å². The summed E-state index contributed by atoms with van der Waals surface area (Å²) in [5.41, 5.74) is 1.03. The molecule has 0 radical (unpaired) electrons. The minimum absolute atomic E-state index is 0.142. The molecule has 1 aromatic carbocycles. The van der Waals surface area contributed by atoms with Crippen molar-refractivity contribution in [3.05, 3.63) is 35.9 Å². The summed E-state index contributed by atoms with van der Waals surface area (Å²) in [4.78, 5) is 12.1. The van der Waals surface area contributed by atoms with Crippen LogP contribution in [0.4, 0.5) is 0 Å². The van der Waals surface area contributed by atoms with Crippen molar-refractivity contribution < 1.29 is 4.79 Å². The van der Waals surface area contributed by atoms with Gasteiger partial charge in [-0.2, -0.15) is 5.26 Å². The van der Waals surface area contributed by atoms with Crippen molar-refractivity contribution in [3.63, 3.8) is 0 Å². The number of benzene rings is 1. The topological polar surface area (TPSA) is 52.9 Å². The largest absolute Gasteiger partial charge is 0.355 e. The summed E-state index contributed by atoms with van der Waals surface area (Å²) in [7, 11) is 0. The second kappa shape index (κ2) is 9.99. The number of amides is 1. The van der Waals surface area contributed by atoms with Gasteiger partial charge in [0.1, 0.15) is 5.92 Å². The first-order valence-electron chi connectivity index (χ1n) is 7.92. The van der Waals surface area contributed by atoms with Crippen LogP contribution in [-0.2, 0) is 11.2 Å². The Kier molecular flexibility index (Phi) is 8.19. The number of rotatable bonds is 9. The zero-order valence-corrected chi connectivity index (χ0v) is 13.1. The molecule has 1 amide bonds. The molecule has 2 unspecified atom stereocenters. The fourth-order valence-corrected chi connectivity index (χ4v) is 2.36. The number of hydrogen-bond acceptors (Lipinski definition) is 2. The van der Waals surface area contributed by atoms with E-state index in [2.05, 4.69) is 25.2 Å². The summed E-state index contributed by atoms with van der Waals surface area (Å²) in [6.45, 7) is 5.01. The molecule has 0 aliphatic rings. The van der Waals surface area contributed by atoms with E-state index in [1.54, 1.807) is 0 Å². The van der Waals surface area contributed by atoms with E-state index >= 15 is 0 Å². The highest BCUT2D eigenvalue weighted by Gasteiger charge is 2.19. The minimum Gasteiger partial charge on any atom is -0.355 e. The van der Waals surface area contributed by atoms with Crippen LogP contribution >= 0.6 is 0 Å². The summed E-state index contributed by atoms with van der Waals surface area (Å²) in [5.74, 6) is -0.225. The molecule has 1 aromatic rings. The molecule has 3 nitrogen and oxygen atoms in total. The summed E-state index contributed by atoms with van der Waals surface area (Å²) in [6.07, 6.45) is 5.06. The van der Waals surface area contributed by atoms with E-state index in [4.69, 9.17) is 0 Å². The highest BCUT2D eigenvalue weighted by Crippen LogP contribution is 2.12. The third-order valence-electron chi connectivity index (χ3n) is 3.86. The molecule has 0 fully saturated rings. The Bertz CT molecular complexity index is 450. The van der Waals surface area contributed by atoms with Crippen LogP contribution in [0.2, 0.25) is 0 Å². The molecule has 0 heterocycles. The number of nitrogens with one attached hydrogen (secondary N) is 1. The van der Waals surface area contributed by atoms with Crippen molar-refractivity contribution in [2.45, 2.75) is 46.0 Å². The van der Waals surface area contributed by atoms with Crippen LogP contribution in [-0.4, -0.2) is 12.5 Å². The second-order valence-electron chi connectivity index (χ2n) is 5.53. The molecule has 2 atom stereocenters. The lowest BCUT2D eigenvalue weighted by atomic mass is 9.97. The van der Waals surface area contributed by atoms with Gasteiger partial charge in [0.05, 0.1) is 6.07 Å². The third-order valence-corrected chi connectivity index (χ3v) is 3.86. The average molecular weight is 286 g/mol. The zero-order chi connectivity index (χ0) is 15.5. The lowest BCUT2D eigenvalue weighted by Gasteiger charge is -2.17. The monoisotopic (exact) mass is 286 g/mol. The van der Waals surface area contributed by atoms with Crippen molar-refractivity contribution in [3.8, 4) is 6.07 Å². The van der Waals surface area contributed by atoms with Gasteiger partial charge in [-0.05, 0) is 24.3 Å². The van der Waals surface area contributed by atoms with Crippen molar-refractivity contribution in [2.24, 2.45) is 11.8 Å². The van der Waals surface area contributed by atoms with Gasteiger partial charge in [0.25, 0.3) is 0 Å². The van der Waals surface area contributed by atoms with E-state index in [9.17, 15) is 10.1 Å². The Morgan fingerprint density at radius 1 is 1.29 bits per heavy atom. The van der Waals surface area contributed by atoms with Crippen LogP contribution in [0.1, 0.15) is 45.1 Å². The van der Waals surface area contributed by atoms with Crippen LogP contribution in [0.25, 0.3) is 0 Å². The summed E-state index contributed by atoms with van der Waals surface area (Å²) >= 11 is 0. The minimum atomic E-state index is -0.601. The van der Waals surface area contributed by atoms with E-state index in [0.29, 0.717) is 18.9 Å². The number of nitrogens with zero attached hydrogens (tertiary/aromatic N) is 1. The Labute approximate surface area is 128 Å². The first kappa shape index (κ1) is 17.2. The third kappa shape index (κ3) is 6.44. The van der Waals surface area contributed by atoms with E-state index < -0.39 is 5.92 Å². The molecule has 21 heavy (non-hydrogen) atoms. The summed E-state index contributed by atoms with van der Waals surface area (Å²) in [5, 5.41) is 12.2. The molecule has 1 rings (SSSR count). The highest BCUT2D eigenvalue weighted by atomic mass is 16.1. The lowest BCUT2D eigenvalue weighted by Crippen LogP contribution is -2.34. The zero-order valence-electron chi connectivity index (χ0n) is 13.1. The molecular weight excluding hydrogens is 260 g/mol. The van der Waals surface area contributed by atoms with Crippen molar-refractivity contribution in [2.75, 3.05) is 6.54 Å². The Morgan fingerprint density at radius 2 is 2.00 bits per heavy atom. The van der Waals surface area contributed by atoms with Gasteiger partial charge in [-0.15, -0.1) is 0 Å². The number of carbonyl (C=O) groups excluding carboxylic acids is 1. The van der Waals surface area contributed by atoms with Gasteiger partial charge in [0.15, 0.2) is 0 Å². The molecule has 0 spiro atoms. The average Bonchev–Trinajstić information content (AvgIpc) is 2.53. The van der Waals surface area contributed by atoms with Crippen molar-refractivity contribution in [1.29, 1.82) is 5.26 Å². The van der Waals surface area contributed by atoms with Gasteiger partial charge in [-0.3, -0.25) is 4.79 Å². The standard InChI is InChI=1S/C18H26N2O/c1-3-5-9-15(4-2)14-20-18(21)17(13-19)12-16-10-7-6-8-11-16/h6-8,10-11,15,17H,3-5,9,12,14H2,1-2H3,(H,20,21). The molecule has 3 heteroatoms. The van der Waals surface area contributed by atoms with E-state index in [1.165, 1.54) is 12.8 Å². The normalized spacial score (nSPS) is 13.2. The number of unbranched alkanes of at least 4 members (excludes halogenated alkanes) is 1. The molecule has 114 valence electrons. The summed E-state index contributed by atoms with van der Waals surface area (Å²) < 4.78 is 0. The number of nitriles is 1. The molecule has 0 aromatic heterocycles. The van der Waals surface area contributed by atoms with Crippen LogP contribution in [0.5, 0.6) is 0 Å². The molecule has 0 saturated heterocycles. The lowest BCUT2D eigenvalue weighted by molar-refractivity contribution is -0.123. The van der Waals surface area contributed by atoms with Gasteiger partial charge < -0.3 is 5.32 Å². The van der Waals surface area contributed by atoms with Crippen LogP contribution in [0, 0.1) is 23.2 Å². The van der Waals surface area contributed by atoms with Crippen molar-refractivity contribution in [1.82, 2.24) is 5.32 Å². The maximum atomic E-state index is 12.1. The SMILES string of the molecule is CCCCC(CC)CNC(=O)C(C#N)Cc1ccccc1. The predicted octanol–water partition coefficient (Wildman–Crippen LogP) is 3.70. The Hall–Kier alpha value is -1.82. The number of carbonyl (C=O) groups is 1. The van der Waals surface area contributed by atoms with Gasteiger partial charge in [0, 0.05) is 6.54 Å². The van der Waals surface area contributed by atoms with Crippen LogP contribution < -0.4 is 5.32 Å². The first-order chi connectivity index (χ1) is 10.2. The Balaban J connectivity index is 2.46. The Morgan fingerprint density at radius 3 is 2.57 bits per heavy atom. The fraction of sp³-hybridized carbons (Fsp3) is 0.556. The van der Waals surface area contributed by atoms with E-state index in [0.717, 1.165) is 18.4 Å². The number of hydrogen-bond donors (Lipinski definition) is 1. The van der Waals surface area contributed by atoms with Gasteiger partial charge in [0.2, 0.25) is 5.91 Å². The quantitative estimate of drug-likeness (QED) is 0.752. The molecule has 0 aliphatic heterocycles. The summed E-state index contributed by atoms with van der Waals surface area (Å²) in [6, 6.07) is 11.8. The van der Waals surface area contributed by atoms with Crippen LogP contribution in [0.3, 0.4) is 0 Å². The molecule has 0 saturated carbocycles. The molecule has 0 bridgehead atoms. The maximum Gasteiger partial charge on any atom is 0.237 e. The second-order valence-corrected chi connectivity index (χ2v) is 5.53. The molecular formula is C18H26N2O. The fourth-order valence-electron chi connectivity index (χ4n) is 2.36. The van der Waals surface area contributed by atoms with E-state index in [1.807, 2.05) is 30.3 Å². The smallest absolute Gasteiger partial charge is 0.237 e.